The number of anilines is 1. The van der Waals surface area contributed by atoms with Gasteiger partial charge in [0.2, 0.25) is 0 Å². The molecule has 2 atom stereocenters. The molecule has 0 bridgehead atoms. The first-order valence-corrected chi connectivity index (χ1v) is 6.56. The molecule has 0 saturated heterocycles. The largest absolute Gasteiger partial charge is 0.382 e. The summed E-state index contributed by atoms with van der Waals surface area (Å²) in [6.07, 6.45) is 0.638. The van der Waals surface area contributed by atoms with Crippen LogP contribution in [0.1, 0.15) is 30.4 Å². The van der Waals surface area contributed by atoms with Gasteiger partial charge in [-0.15, -0.1) is 0 Å². The first kappa shape index (κ1) is 13.0. The number of para-hydroxylation sites is 1. The molecule has 2 aromatic rings. The van der Waals surface area contributed by atoms with Gasteiger partial charge >= 0.3 is 0 Å². The van der Waals surface area contributed by atoms with E-state index in [2.05, 4.69) is 5.32 Å². The van der Waals surface area contributed by atoms with Gasteiger partial charge in [0.1, 0.15) is 0 Å². The second-order valence-electron chi connectivity index (χ2n) is 5.19. The molecule has 2 aromatic carbocycles. The number of benzene rings is 2. The van der Waals surface area contributed by atoms with Crippen LogP contribution in [0.25, 0.3) is 0 Å². The highest BCUT2D eigenvalue weighted by Gasteiger charge is 2.28. The molecule has 0 radical (unpaired) electrons. The molecule has 20 heavy (non-hydrogen) atoms. The van der Waals surface area contributed by atoms with E-state index in [0.29, 0.717) is 6.42 Å². The van der Waals surface area contributed by atoms with E-state index in [-0.39, 0.29) is 17.5 Å². The van der Waals surface area contributed by atoms with Crippen LogP contribution in [-0.4, -0.2) is 6.04 Å². The van der Waals surface area contributed by atoms with Crippen molar-refractivity contribution in [1.82, 2.24) is 0 Å². The maximum Gasteiger partial charge on any atom is 0.194 e. The molecule has 0 fully saturated rings. The first-order chi connectivity index (χ1) is 9.58. The molecule has 1 aliphatic rings. The average molecular weight is 277 g/mol. The lowest BCUT2D eigenvalue weighted by atomic mass is 9.82. The van der Waals surface area contributed by atoms with Crippen LogP contribution in [0.3, 0.4) is 0 Å². The monoisotopic (exact) mass is 277 g/mol. The molecular formula is C16H14F3N. The van der Waals surface area contributed by atoms with E-state index in [1.807, 2.05) is 31.2 Å². The Kier molecular flexibility index (Phi) is 3.16. The topological polar surface area (TPSA) is 12.0 Å². The van der Waals surface area contributed by atoms with Crippen molar-refractivity contribution < 1.29 is 13.2 Å². The zero-order chi connectivity index (χ0) is 14.3. The van der Waals surface area contributed by atoms with Gasteiger partial charge in [0.15, 0.2) is 17.5 Å². The summed E-state index contributed by atoms with van der Waals surface area (Å²) in [5.41, 5.74) is 2.04. The zero-order valence-corrected chi connectivity index (χ0v) is 11.0. The van der Waals surface area contributed by atoms with Crippen LogP contribution in [0.2, 0.25) is 0 Å². The van der Waals surface area contributed by atoms with Gasteiger partial charge in [0.05, 0.1) is 0 Å². The highest BCUT2D eigenvalue weighted by atomic mass is 19.2. The van der Waals surface area contributed by atoms with Crippen LogP contribution in [0.4, 0.5) is 18.9 Å². The number of rotatable bonds is 1. The lowest BCUT2D eigenvalue weighted by Gasteiger charge is -2.31. The number of fused-ring (bicyclic) bond motifs is 1. The fraction of sp³-hybridized carbons (Fsp3) is 0.250. The van der Waals surface area contributed by atoms with Gasteiger partial charge in [-0.05, 0) is 36.6 Å². The van der Waals surface area contributed by atoms with E-state index < -0.39 is 17.5 Å². The predicted molar refractivity (Wildman–Crippen MR) is 72.3 cm³/mol. The third kappa shape index (κ3) is 2.05. The van der Waals surface area contributed by atoms with E-state index in [4.69, 9.17) is 0 Å². The number of halogens is 3. The van der Waals surface area contributed by atoms with E-state index in [1.54, 1.807) is 0 Å². The Morgan fingerprint density at radius 3 is 2.50 bits per heavy atom. The molecule has 0 amide bonds. The summed E-state index contributed by atoms with van der Waals surface area (Å²) in [6, 6.07) is 10.0. The Morgan fingerprint density at radius 1 is 0.950 bits per heavy atom. The summed E-state index contributed by atoms with van der Waals surface area (Å²) in [5, 5.41) is 3.31. The van der Waals surface area contributed by atoms with E-state index in [1.165, 1.54) is 6.07 Å². The Balaban J connectivity index is 2.13. The van der Waals surface area contributed by atoms with Crippen LogP contribution in [0, 0.1) is 17.5 Å². The summed E-state index contributed by atoms with van der Waals surface area (Å²) in [6.45, 7) is 1.99. The molecule has 0 aliphatic carbocycles. The first-order valence-electron chi connectivity index (χ1n) is 6.56. The van der Waals surface area contributed by atoms with Crippen LogP contribution < -0.4 is 5.32 Å². The smallest absolute Gasteiger partial charge is 0.194 e. The van der Waals surface area contributed by atoms with Gasteiger partial charge in [0.25, 0.3) is 0 Å². The number of hydrogen-bond donors (Lipinski definition) is 1. The fourth-order valence-electron chi connectivity index (χ4n) is 2.84. The highest BCUT2D eigenvalue weighted by Crippen LogP contribution is 2.39. The SMILES string of the molecule is CC1CC(c2ccc(F)c(F)c2F)c2ccccc2N1. The highest BCUT2D eigenvalue weighted by molar-refractivity contribution is 5.58. The fourth-order valence-corrected chi connectivity index (χ4v) is 2.84. The minimum atomic E-state index is -1.40. The van der Waals surface area contributed by atoms with Gasteiger partial charge < -0.3 is 5.32 Å². The van der Waals surface area contributed by atoms with Crippen LogP contribution in [0.15, 0.2) is 36.4 Å². The van der Waals surface area contributed by atoms with Crippen molar-refractivity contribution in [3.63, 3.8) is 0 Å². The van der Waals surface area contributed by atoms with Gasteiger partial charge in [0, 0.05) is 17.6 Å². The summed E-state index contributed by atoms with van der Waals surface area (Å²) < 4.78 is 40.6. The predicted octanol–water partition coefficient (Wildman–Crippen LogP) is 4.44. The maximum atomic E-state index is 14.0. The minimum Gasteiger partial charge on any atom is -0.382 e. The number of nitrogens with one attached hydrogen (secondary N) is 1. The van der Waals surface area contributed by atoms with Gasteiger partial charge in [-0.1, -0.05) is 24.3 Å². The van der Waals surface area contributed by atoms with Crippen LogP contribution in [-0.2, 0) is 0 Å². The molecule has 104 valence electrons. The van der Waals surface area contributed by atoms with E-state index in [0.717, 1.165) is 17.3 Å². The summed E-state index contributed by atoms with van der Waals surface area (Å²) in [7, 11) is 0. The Bertz CT molecular complexity index is 654. The van der Waals surface area contributed by atoms with E-state index >= 15 is 0 Å². The molecule has 0 saturated carbocycles. The molecule has 0 aromatic heterocycles. The Hall–Kier alpha value is -1.97. The quantitative estimate of drug-likeness (QED) is 0.760. The third-order valence-corrected chi connectivity index (χ3v) is 3.77. The third-order valence-electron chi connectivity index (χ3n) is 3.77. The van der Waals surface area contributed by atoms with Crippen molar-refractivity contribution in [1.29, 1.82) is 0 Å². The van der Waals surface area contributed by atoms with Crippen molar-refractivity contribution in [2.24, 2.45) is 0 Å². The second-order valence-corrected chi connectivity index (χ2v) is 5.19. The van der Waals surface area contributed by atoms with Crippen LogP contribution >= 0.6 is 0 Å². The van der Waals surface area contributed by atoms with Crippen molar-refractivity contribution in [3.05, 3.63) is 65.0 Å². The number of hydrogen-bond acceptors (Lipinski definition) is 1. The van der Waals surface area contributed by atoms with Crippen molar-refractivity contribution >= 4 is 5.69 Å². The molecule has 3 rings (SSSR count). The van der Waals surface area contributed by atoms with Gasteiger partial charge in [-0.25, -0.2) is 13.2 Å². The molecular weight excluding hydrogens is 263 g/mol. The zero-order valence-electron chi connectivity index (χ0n) is 11.0. The summed E-state index contributed by atoms with van der Waals surface area (Å²) in [5.74, 6) is -3.90. The minimum absolute atomic E-state index is 0.141. The summed E-state index contributed by atoms with van der Waals surface area (Å²) in [4.78, 5) is 0. The molecule has 1 N–H and O–H groups in total. The normalized spacial score (nSPS) is 21.2. The molecule has 4 heteroatoms. The van der Waals surface area contributed by atoms with E-state index in [9.17, 15) is 13.2 Å². The average Bonchev–Trinajstić information content (AvgIpc) is 2.44. The van der Waals surface area contributed by atoms with Crippen molar-refractivity contribution in [2.75, 3.05) is 5.32 Å². The lowest BCUT2D eigenvalue weighted by Crippen LogP contribution is -2.26. The maximum absolute atomic E-state index is 14.0. The lowest BCUT2D eigenvalue weighted by molar-refractivity contribution is 0.434. The Labute approximate surface area is 115 Å². The molecule has 1 nitrogen and oxygen atoms in total. The molecule has 0 spiro atoms. The molecule has 1 heterocycles. The van der Waals surface area contributed by atoms with Crippen LogP contribution in [0.5, 0.6) is 0 Å². The van der Waals surface area contributed by atoms with Gasteiger partial charge in [-0.2, -0.15) is 0 Å². The summed E-state index contributed by atoms with van der Waals surface area (Å²) >= 11 is 0. The molecule has 1 aliphatic heterocycles. The van der Waals surface area contributed by atoms with Gasteiger partial charge in [-0.3, -0.25) is 0 Å². The Morgan fingerprint density at radius 2 is 1.70 bits per heavy atom. The van der Waals surface area contributed by atoms with Crippen molar-refractivity contribution in [2.45, 2.75) is 25.3 Å². The second kappa shape index (κ2) is 4.85. The standard InChI is InChI=1S/C16H14F3N/c1-9-8-12(10-4-2-3-5-14(10)20-9)11-6-7-13(17)16(19)15(11)18/h2-7,9,12,20H,8H2,1H3. The van der Waals surface area contributed by atoms with Crippen molar-refractivity contribution in [3.8, 4) is 0 Å². The molecule has 2 unspecified atom stereocenters.